The van der Waals surface area contributed by atoms with Gasteiger partial charge in [-0.1, -0.05) is 19.3 Å². The van der Waals surface area contributed by atoms with E-state index in [-0.39, 0.29) is 23.5 Å². The minimum absolute atomic E-state index is 0.0835. The molecule has 30 heavy (non-hydrogen) atoms. The zero-order chi connectivity index (χ0) is 20.7. The maximum atomic E-state index is 12.2. The molecule has 2 saturated carbocycles. The van der Waals surface area contributed by atoms with Crippen molar-refractivity contribution in [2.24, 2.45) is 0 Å². The van der Waals surface area contributed by atoms with Gasteiger partial charge in [0.25, 0.3) is 5.91 Å². The highest BCUT2D eigenvalue weighted by atomic mass is 16.3. The van der Waals surface area contributed by atoms with Crippen LogP contribution in [-0.4, -0.2) is 40.3 Å². The molecule has 2 aliphatic rings. The van der Waals surface area contributed by atoms with Crippen LogP contribution in [0.1, 0.15) is 55.5 Å². The van der Waals surface area contributed by atoms with Gasteiger partial charge in [0.1, 0.15) is 11.3 Å². The third kappa shape index (κ3) is 3.72. The van der Waals surface area contributed by atoms with E-state index < -0.39 is 0 Å². The van der Waals surface area contributed by atoms with Crippen LogP contribution < -0.4 is 10.2 Å². The lowest BCUT2D eigenvalue weighted by atomic mass is 9.94. The summed E-state index contributed by atoms with van der Waals surface area (Å²) >= 11 is 0. The number of aromatic nitrogens is 2. The molecule has 2 aliphatic carbocycles. The lowest BCUT2D eigenvalue weighted by Crippen LogP contribution is -2.34. The molecule has 2 aromatic heterocycles. The topological polar surface area (TPSA) is 91.5 Å². The number of nitrogens with zero attached hydrogens (tertiary/aromatic N) is 3. The standard InChI is InChI=1S/C23H26N4O3/c1-27(16-5-3-2-4-6-16)22-10-9-18(25-26-22)17-13-20-14(11-19(17)28)12-21(30-20)23(29)24-15-7-8-15/h9-13,15-16,28H,2-8H2,1H3,(H,24,29). The number of carbonyl (C=O) groups excluding carboxylic acids is 1. The molecule has 5 rings (SSSR count). The lowest BCUT2D eigenvalue weighted by molar-refractivity contribution is 0.0925. The quantitative estimate of drug-likeness (QED) is 0.658. The van der Waals surface area contributed by atoms with Crippen LogP contribution in [-0.2, 0) is 0 Å². The van der Waals surface area contributed by atoms with Crippen LogP contribution in [0.25, 0.3) is 22.2 Å². The van der Waals surface area contributed by atoms with Gasteiger partial charge in [0.05, 0.1) is 5.69 Å². The highest BCUT2D eigenvalue weighted by Crippen LogP contribution is 2.34. The van der Waals surface area contributed by atoms with E-state index in [9.17, 15) is 9.90 Å². The number of fused-ring (bicyclic) bond motifs is 1. The van der Waals surface area contributed by atoms with Gasteiger partial charge in [0, 0.05) is 30.1 Å². The van der Waals surface area contributed by atoms with Gasteiger partial charge < -0.3 is 19.7 Å². The van der Waals surface area contributed by atoms with Crippen molar-refractivity contribution in [2.45, 2.75) is 57.0 Å². The Kier molecular flexibility index (Phi) is 4.81. The smallest absolute Gasteiger partial charge is 0.287 e. The molecule has 1 aromatic carbocycles. The number of carbonyl (C=O) groups is 1. The summed E-state index contributed by atoms with van der Waals surface area (Å²) < 4.78 is 5.74. The number of nitrogens with one attached hydrogen (secondary N) is 1. The predicted molar refractivity (Wildman–Crippen MR) is 115 cm³/mol. The number of rotatable bonds is 5. The van der Waals surface area contributed by atoms with E-state index in [1.807, 2.05) is 12.1 Å². The van der Waals surface area contributed by atoms with Crippen LogP contribution in [0.3, 0.4) is 0 Å². The molecule has 1 amide bonds. The first-order valence-corrected chi connectivity index (χ1v) is 10.7. The molecule has 7 nitrogen and oxygen atoms in total. The summed E-state index contributed by atoms with van der Waals surface area (Å²) in [5.41, 5.74) is 1.63. The Morgan fingerprint density at radius 1 is 1.10 bits per heavy atom. The molecule has 3 aromatic rings. The van der Waals surface area contributed by atoms with Crippen LogP contribution in [0.15, 0.2) is 34.7 Å². The molecule has 0 bridgehead atoms. The van der Waals surface area contributed by atoms with Crippen LogP contribution in [0.5, 0.6) is 5.75 Å². The first kappa shape index (κ1) is 18.9. The van der Waals surface area contributed by atoms with E-state index >= 15 is 0 Å². The fourth-order valence-corrected chi connectivity index (χ4v) is 4.19. The number of furan rings is 1. The third-order valence-corrected chi connectivity index (χ3v) is 6.18. The van der Waals surface area contributed by atoms with E-state index in [0.29, 0.717) is 28.3 Å². The van der Waals surface area contributed by atoms with Gasteiger partial charge in [-0.15, -0.1) is 10.2 Å². The summed E-state index contributed by atoms with van der Waals surface area (Å²) in [6, 6.07) is 9.55. The minimum atomic E-state index is -0.218. The van der Waals surface area contributed by atoms with E-state index in [0.717, 1.165) is 18.7 Å². The molecule has 7 heteroatoms. The van der Waals surface area contributed by atoms with Crippen LogP contribution in [0, 0.1) is 0 Å². The van der Waals surface area contributed by atoms with Crippen molar-refractivity contribution < 1.29 is 14.3 Å². The van der Waals surface area contributed by atoms with Gasteiger partial charge >= 0.3 is 0 Å². The summed E-state index contributed by atoms with van der Waals surface area (Å²) in [7, 11) is 2.07. The summed E-state index contributed by atoms with van der Waals surface area (Å²) in [6.45, 7) is 0. The maximum Gasteiger partial charge on any atom is 0.287 e. The van der Waals surface area contributed by atoms with Crippen molar-refractivity contribution in [3.63, 3.8) is 0 Å². The summed E-state index contributed by atoms with van der Waals surface area (Å²) in [5.74, 6) is 0.956. The summed E-state index contributed by atoms with van der Waals surface area (Å²) in [6.07, 6.45) is 8.24. The molecule has 0 radical (unpaired) electrons. The number of hydrogen-bond acceptors (Lipinski definition) is 6. The highest BCUT2D eigenvalue weighted by molar-refractivity contribution is 5.97. The molecular formula is C23H26N4O3. The molecule has 0 spiro atoms. The Hall–Kier alpha value is -3.09. The van der Waals surface area contributed by atoms with Gasteiger partial charge in [-0.2, -0.15) is 0 Å². The van der Waals surface area contributed by atoms with E-state index in [2.05, 4.69) is 27.5 Å². The number of amides is 1. The van der Waals surface area contributed by atoms with Crippen LogP contribution in [0.4, 0.5) is 5.82 Å². The van der Waals surface area contributed by atoms with E-state index in [1.54, 1.807) is 18.2 Å². The number of benzene rings is 1. The van der Waals surface area contributed by atoms with Crippen molar-refractivity contribution >= 4 is 22.7 Å². The van der Waals surface area contributed by atoms with Crippen LogP contribution in [0.2, 0.25) is 0 Å². The predicted octanol–water partition coefficient (Wildman–Crippen LogP) is 4.26. The number of anilines is 1. The average molecular weight is 406 g/mol. The Balaban J connectivity index is 1.39. The molecule has 2 heterocycles. The Bertz CT molecular complexity index is 1070. The molecule has 0 saturated heterocycles. The average Bonchev–Trinajstić information content (AvgIpc) is 3.49. The molecule has 0 atom stereocenters. The molecule has 2 fully saturated rings. The van der Waals surface area contributed by atoms with Crippen molar-refractivity contribution in [3.05, 3.63) is 36.1 Å². The second kappa shape index (κ2) is 7.63. The zero-order valence-corrected chi connectivity index (χ0v) is 17.1. The minimum Gasteiger partial charge on any atom is -0.507 e. The van der Waals surface area contributed by atoms with Gasteiger partial charge in [-0.25, -0.2) is 0 Å². The normalized spacial score (nSPS) is 17.2. The van der Waals surface area contributed by atoms with Gasteiger partial charge in [-0.05, 0) is 56.0 Å². The van der Waals surface area contributed by atoms with Crippen molar-refractivity contribution in [3.8, 4) is 17.0 Å². The Morgan fingerprint density at radius 2 is 1.90 bits per heavy atom. The summed E-state index contributed by atoms with van der Waals surface area (Å²) in [5, 5.41) is 22.9. The molecule has 0 aliphatic heterocycles. The number of phenolic OH excluding ortho intramolecular Hbond substituents is 1. The SMILES string of the molecule is CN(c1ccc(-c2cc3oc(C(=O)NC4CC4)cc3cc2O)nn1)C1CCCCC1. The van der Waals surface area contributed by atoms with Crippen LogP contribution >= 0.6 is 0 Å². The number of aromatic hydroxyl groups is 1. The van der Waals surface area contributed by atoms with Crippen molar-refractivity contribution in [1.29, 1.82) is 0 Å². The highest BCUT2D eigenvalue weighted by Gasteiger charge is 2.25. The Labute approximate surface area is 175 Å². The number of phenols is 1. The maximum absolute atomic E-state index is 12.2. The number of hydrogen-bond donors (Lipinski definition) is 2. The molecule has 2 N–H and O–H groups in total. The zero-order valence-electron chi connectivity index (χ0n) is 17.1. The van der Waals surface area contributed by atoms with Gasteiger partial charge in [-0.3, -0.25) is 4.79 Å². The lowest BCUT2D eigenvalue weighted by Gasteiger charge is -2.31. The van der Waals surface area contributed by atoms with E-state index in [4.69, 9.17) is 4.42 Å². The molecule has 0 unspecified atom stereocenters. The van der Waals surface area contributed by atoms with Crippen molar-refractivity contribution in [2.75, 3.05) is 11.9 Å². The molecular weight excluding hydrogens is 380 g/mol. The fraction of sp³-hybridized carbons (Fsp3) is 0.435. The fourth-order valence-electron chi connectivity index (χ4n) is 4.19. The molecule has 156 valence electrons. The van der Waals surface area contributed by atoms with E-state index in [1.165, 1.54) is 32.1 Å². The van der Waals surface area contributed by atoms with Gasteiger partial charge in [0.15, 0.2) is 11.6 Å². The summed E-state index contributed by atoms with van der Waals surface area (Å²) in [4.78, 5) is 14.4. The van der Waals surface area contributed by atoms with Gasteiger partial charge in [0.2, 0.25) is 0 Å². The first-order valence-electron chi connectivity index (χ1n) is 10.7. The second-order valence-electron chi connectivity index (χ2n) is 8.45. The second-order valence-corrected chi connectivity index (χ2v) is 8.45. The first-order chi connectivity index (χ1) is 14.6. The largest absolute Gasteiger partial charge is 0.507 e. The third-order valence-electron chi connectivity index (χ3n) is 6.18. The monoisotopic (exact) mass is 406 g/mol. The van der Waals surface area contributed by atoms with Crippen molar-refractivity contribution in [1.82, 2.24) is 15.5 Å². The Morgan fingerprint density at radius 3 is 2.60 bits per heavy atom.